The summed E-state index contributed by atoms with van der Waals surface area (Å²) in [4.78, 5) is 15.4. The monoisotopic (exact) mass is 421 g/mol. The summed E-state index contributed by atoms with van der Waals surface area (Å²) in [5.41, 5.74) is 0.563. The number of hydrogen-bond acceptors (Lipinski definition) is 5. The molecule has 2 aromatic rings. The van der Waals surface area contributed by atoms with Crippen LogP contribution in [-0.2, 0) is 9.84 Å². The van der Waals surface area contributed by atoms with E-state index in [0.29, 0.717) is 25.1 Å². The fourth-order valence-electron chi connectivity index (χ4n) is 3.36. The maximum Gasteiger partial charge on any atom is 0.253 e. The van der Waals surface area contributed by atoms with Gasteiger partial charge >= 0.3 is 0 Å². The predicted molar refractivity (Wildman–Crippen MR) is 113 cm³/mol. The molecule has 1 amide bonds. The van der Waals surface area contributed by atoms with Gasteiger partial charge in [0.25, 0.3) is 5.91 Å². The van der Waals surface area contributed by atoms with Crippen LogP contribution in [0.2, 0.25) is 0 Å². The molecule has 0 bridgehead atoms. The number of benzene rings is 1. The molecule has 2 heterocycles. The van der Waals surface area contributed by atoms with E-state index in [1.807, 2.05) is 29.6 Å². The topological polar surface area (TPSA) is 63.7 Å². The maximum absolute atomic E-state index is 12.9. The highest BCUT2D eigenvalue weighted by molar-refractivity contribution is 7.91. The van der Waals surface area contributed by atoms with Crippen molar-refractivity contribution in [3.8, 4) is 5.75 Å². The highest BCUT2D eigenvalue weighted by Gasteiger charge is 2.33. The Labute approximate surface area is 171 Å². The third kappa shape index (κ3) is 5.14. The van der Waals surface area contributed by atoms with E-state index >= 15 is 0 Å². The number of hydrogen-bond donors (Lipinski definition) is 0. The highest BCUT2D eigenvalue weighted by Crippen LogP contribution is 2.32. The van der Waals surface area contributed by atoms with Gasteiger partial charge < -0.3 is 9.64 Å². The summed E-state index contributed by atoms with van der Waals surface area (Å²) in [5, 5.41) is 1.38. The summed E-state index contributed by atoms with van der Waals surface area (Å²) < 4.78 is 31.0. The van der Waals surface area contributed by atoms with Crippen molar-refractivity contribution in [1.29, 1.82) is 0 Å². The van der Waals surface area contributed by atoms with Gasteiger partial charge in [-0.05, 0) is 48.6 Å². The number of sulfone groups is 1. The van der Waals surface area contributed by atoms with Gasteiger partial charge in [-0.1, -0.05) is 25.8 Å². The Bertz CT molecular complexity index is 860. The first-order chi connectivity index (χ1) is 13.5. The second-order valence-electron chi connectivity index (χ2n) is 7.03. The molecule has 7 heteroatoms. The molecule has 0 spiro atoms. The van der Waals surface area contributed by atoms with E-state index in [9.17, 15) is 13.2 Å². The molecule has 28 heavy (non-hydrogen) atoms. The van der Waals surface area contributed by atoms with Crippen LogP contribution in [0.25, 0.3) is 0 Å². The molecule has 3 rings (SSSR count). The summed E-state index contributed by atoms with van der Waals surface area (Å²) in [5.74, 6) is 0.628. The Morgan fingerprint density at radius 2 is 1.96 bits per heavy atom. The van der Waals surface area contributed by atoms with Gasteiger partial charge in [0.05, 0.1) is 17.6 Å². The molecule has 1 unspecified atom stereocenters. The fourth-order valence-corrected chi connectivity index (χ4v) is 6.36. The molecule has 1 fully saturated rings. The Hall–Kier alpha value is -1.86. The number of unbranched alkanes of at least 4 members (excludes halogenated alkanes) is 2. The van der Waals surface area contributed by atoms with Gasteiger partial charge in [-0.25, -0.2) is 8.42 Å². The lowest BCUT2D eigenvalue weighted by molar-refractivity contribution is 0.0766. The second kappa shape index (κ2) is 9.56. The Morgan fingerprint density at radius 3 is 2.64 bits per heavy atom. The minimum atomic E-state index is -3.26. The van der Waals surface area contributed by atoms with E-state index < -0.39 is 15.1 Å². The van der Waals surface area contributed by atoms with E-state index in [2.05, 4.69) is 6.92 Å². The first-order valence-electron chi connectivity index (χ1n) is 9.78. The quantitative estimate of drug-likeness (QED) is 0.625. The van der Waals surface area contributed by atoms with Gasteiger partial charge in [-0.3, -0.25) is 4.79 Å². The number of nitrogens with zero attached hydrogens (tertiary/aromatic N) is 1. The predicted octanol–water partition coefficient (Wildman–Crippen LogP) is 4.32. The Kier molecular flexibility index (Phi) is 7.13. The van der Waals surface area contributed by atoms with Crippen molar-refractivity contribution >= 4 is 27.1 Å². The standard InChI is InChI=1S/C21H27NO4S2/c1-2-3-4-14-26-18-9-7-17(8-10-18)21(23)22-12-11-20(19-6-5-15-27-19)28(24,25)16-13-22/h5-10,15,20H,2-4,11-14,16H2,1H3. The van der Waals surface area contributed by atoms with Crippen molar-refractivity contribution in [1.82, 2.24) is 4.90 Å². The zero-order valence-corrected chi connectivity index (χ0v) is 17.8. The number of ether oxygens (including phenoxy) is 1. The number of carbonyl (C=O) groups is 1. The van der Waals surface area contributed by atoms with Gasteiger partial charge in [0.15, 0.2) is 9.84 Å². The second-order valence-corrected chi connectivity index (χ2v) is 10.3. The lowest BCUT2D eigenvalue weighted by atomic mass is 10.1. The molecule has 1 saturated heterocycles. The molecule has 5 nitrogen and oxygen atoms in total. The minimum absolute atomic E-state index is 0.0000695. The number of rotatable bonds is 7. The van der Waals surface area contributed by atoms with Crippen LogP contribution in [0.4, 0.5) is 0 Å². The number of thiophene rings is 1. The van der Waals surface area contributed by atoms with Crippen LogP contribution >= 0.6 is 11.3 Å². The van der Waals surface area contributed by atoms with Crippen LogP contribution in [0.3, 0.4) is 0 Å². The summed E-state index contributed by atoms with van der Waals surface area (Å²) in [6.45, 7) is 3.50. The molecule has 0 aliphatic carbocycles. The third-order valence-corrected chi connectivity index (χ3v) is 8.25. The smallest absolute Gasteiger partial charge is 0.253 e. The third-order valence-electron chi connectivity index (χ3n) is 5.01. The van der Waals surface area contributed by atoms with Crippen molar-refractivity contribution < 1.29 is 17.9 Å². The highest BCUT2D eigenvalue weighted by atomic mass is 32.2. The van der Waals surface area contributed by atoms with Crippen LogP contribution in [0, 0.1) is 0 Å². The van der Waals surface area contributed by atoms with Crippen LogP contribution in [0.15, 0.2) is 41.8 Å². The van der Waals surface area contributed by atoms with Gasteiger partial charge in [0, 0.05) is 23.5 Å². The molecule has 1 aromatic carbocycles. The average molecular weight is 422 g/mol. The summed E-state index contributed by atoms with van der Waals surface area (Å²) >= 11 is 1.46. The summed E-state index contributed by atoms with van der Waals surface area (Å²) in [7, 11) is -3.26. The molecule has 0 N–H and O–H groups in total. The SMILES string of the molecule is CCCCCOc1ccc(C(=O)N2CCC(c3cccs3)S(=O)(=O)CC2)cc1. The molecule has 1 aliphatic rings. The van der Waals surface area contributed by atoms with Crippen molar-refractivity contribution in [2.45, 2.75) is 37.9 Å². The van der Waals surface area contributed by atoms with Crippen molar-refractivity contribution in [3.05, 3.63) is 52.2 Å². The zero-order chi connectivity index (χ0) is 20.0. The lowest BCUT2D eigenvalue weighted by Crippen LogP contribution is -2.33. The normalized spacial score (nSPS) is 19.2. The van der Waals surface area contributed by atoms with E-state index in [1.54, 1.807) is 17.0 Å². The lowest BCUT2D eigenvalue weighted by Gasteiger charge is -2.20. The van der Waals surface area contributed by atoms with E-state index in [0.717, 1.165) is 29.9 Å². The molecule has 0 saturated carbocycles. The van der Waals surface area contributed by atoms with Crippen LogP contribution in [-0.4, -0.2) is 44.7 Å². The minimum Gasteiger partial charge on any atom is -0.494 e. The van der Waals surface area contributed by atoms with Crippen molar-refractivity contribution in [3.63, 3.8) is 0 Å². The van der Waals surface area contributed by atoms with E-state index in [4.69, 9.17) is 4.74 Å². The molecular weight excluding hydrogens is 394 g/mol. The largest absolute Gasteiger partial charge is 0.494 e. The van der Waals surface area contributed by atoms with Crippen molar-refractivity contribution in [2.24, 2.45) is 0 Å². The van der Waals surface area contributed by atoms with Gasteiger partial charge in [-0.2, -0.15) is 0 Å². The molecule has 1 atom stereocenters. The summed E-state index contributed by atoms with van der Waals surface area (Å²) in [6.07, 6.45) is 3.74. The van der Waals surface area contributed by atoms with Crippen LogP contribution in [0.5, 0.6) is 5.75 Å². The molecule has 152 valence electrons. The van der Waals surface area contributed by atoms with Crippen LogP contribution < -0.4 is 4.74 Å². The maximum atomic E-state index is 12.9. The molecule has 0 radical (unpaired) electrons. The number of carbonyl (C=O) groups excluding carboxylic acids is 1. The van der Waals surface area contributed by atoms with E-state index in [1.165, 1.54) is 11.3 Å². The number of amides is 1. The summed E-state index contributed by atoms with van der Waals surface area (Å²) in [6, 6.07) is 10.9. The van der Waals surface area contributed by atoms with Gasteiger partial charge in [0.2, 0.25) is 0 Å². The first kappa shape index (κ1) is 20.9. The Morgan fingerprint density at radius 1 is 1.18 bits per heavy atom. The molecule has 1 aliphatic heterocycles. The first-order valence-corrected chi connectivity index (χ1v) is 12.4. The Balaban J connectivity index is 1.63. The zero-order valence-electron chi connectivity index (χ0n) is 16.2. The molecule has 1 aromatic heterocycles. The van der Waals surface area contributed by atoms with Gasteiger partial charge in [0.1, 0.15) is 5.75 Å². The molecular formula is C21H27NO4S2. The average Bonchev–Trinajstić information content (AvgIpc) is 3.16. The van der Waals surface area contributed by atoms with Crippen molar-refractivity contribution in [2.75, 3.05) is 25.4 Å². The van der Waals surface area contributed by atoms with Crippen LogP contribution in [0.1, 0.15) is 53.1 Å². The van der Waals surface area contributed by atoms with E-state index in [-0.39, 0.29) is 18.2 Å². The van der Waals surface area contributed by atoms with Gasteiger partial charge in [-0.15, -0.1) is 11.3 Å². The fraction of sp³-hybridized carbons (Fsp3) is 0.476.